The zero-order valence-electron chi connectivity index (χ0n) is 18.2. The molecule has 0 radical (unpaired) electrons. The average Bonchev–Trinajstić information content (AvgIpc) is 3.31. The van der Waals surface area contributed by atoms with Crippen molar-refractivity contribution in [2.75, 3.05) is 17.1 Å². The Bertz CT molecular complexity index is 1190. The normalized spacial score (nSPS) is 22.4. The Hall–Kier alpha value is -3.64. The van der Waals surface area contributed by atoms with Gasteiger partial charge < -0.3 is 4.74 Å². The first-order valence-electron chi connectivity index (χ1n) is 10.6. The van der Waals surface area contributed by atoms with Crippen molar-refractivity contribution in [3.8, 4) is 5.75 Å². The van der Waals surface area contributed by atoms with E-state index in [4.69, 9.17) is 9.57 Å². The lowest BCUT2D eigenvalue weighted by atomic mass is 9.90. The molecule has 2 aliphatic heterocycles. The lowest BCUT2D eigenvalue weighted by Crippen LogP contribution is -2.37. The van der Waals surface area contributed by atoms with Gasteiger partial charge in [-0.2, -0.15) is 0 Å². The van der Waals surface area contributed by atoms with E-state index in [2.05, 4.69) is 0 Å². The topological polar surface area (TPSA) is 59.1 Å². The Morgan fingerprint density at radius 3 is 2.38 bits per heavy atom. The van der Waals surface area contributed by atoms with Gasteiger partial charge in [0.05, 0.1) is 24.5 Å². The summed E-state index contributed by atoms with van der Waals surface area (Å²) in [5.41, 5.74) is 4.20. The van der Waals surface area contributed by atoms with Crippen LogP contribution in [0, 0.1) is 19.8 Å². The maximum absolute atomic E-state index is 13.7. The number of hydroxylamine groups is 1. The first kappa shape index (κ1) is 20.3. The third kappa shape index (κ3) is 3.15. The maximum Gasteiger partial charge on any atom is 0.266 e. The smallest absolute Gasteiger partial charge is 0.266 e. The minimum atomic E-state index is -0.889. The zero-order valence-corrected chi connectivity index (χ0v) is 18.2. The molecule has 2 fully saturated rings. The quantitative estimate of drug-likeness (QED) is 0.578. The Morgan fingerprint density at radius 2 is 1.66 bits per heavy atom. The fraction of sp³-hybridized carbons (Fsp3) is 0.231. The summed E-state index contributed by atoms with van der Waals surface area (Å²) in [5, 5.41) is 1.69. The van der Waals surface area contributed by atoms with Gasteiger partial charge in [-0.3, -0.25) is 14.4 Å². The number of para-hydroxylation sites is 1. The molecule has 3 aromatic carbocycles. The molecule has 5 rings (SSSR count). The van der Waals surface area contributed by atoms with E-state index in [1.165, 1.54) is 4.90 Å². The third-order valence-corrected chi connectivity index (χ3v) is 6.15. The minimum absolute atomic E-state index is 0.252. The zero-order chi connectivity index (χ0) is 22.4. The second-order valence-corrected chi connectivity index (χ2v) is 8.24. The Kier molecular flexibility index (Phi) is 4.94. The van der Waals surface area contributed by atoms with Crippen LogP contribution in [0.4, 0.5) is 11.4 Å². The number of hydrogen-bond acceptors (Lipinski definition) is 5. The molecule has 2 aliphatic rings. The molecular weight excluding hydrogens is 404 g/mol. The van der Waals surface area contributed by atoms with E-state index in [1.54, 1.807) is 12.2 Å². The second-order valence-electron chi connectivity index (χ2n) is 8.24. The van der Waals surface area contributed by atoms with Gasteiger partial charge in [-0.1, -0.05) is 48.0 Å². The number of amides is 2. The number of rotatable bonds is 4. The Labute approximate surface area is 186 Å². The summed E-state index contributed by atoms with van der Waals surface area (Å²) < 4.78 is 5.41. The first-order chi connectivity index (χ1) is 15.5. The highest BCUT2D eigenvalue weighted by Crippen LogP contribution is 2.48. The predicted octanol–water partition coefficient (Wildman–Crippen LogP) is 4.36. The number of fused-ring (bicyclic) bond motifs is 1. The Balaban J connectivity index is 1.60. The van der Waals surface area contributed by atoms with E-state index in [-0.39, 0.29) is 11.8 Å². The number of imide groups is 1. The molecule has 3 atom stereocenters. The number of benzene rings is 3. The molecule has 3 aromatic rings. The van der Waals surface area contributed by atoms with Crippen LogP contribution < -0.4 is 14.7 Å². The summed E-state index contributed by atoms with van der Waals surface area (Å²) in [6, 6.07) is 22.4. The Morgan fingerprint density at radius 1 is 0.875 bits per heavy atom. The van der Waals surface area contributed by atoms with Crippen LogP contribution in [-0.4, -0.2) is 25.0 Å². The summed E-state index contributed by atoms with van der Waals surface area (Å²) in [5.74, 6) is -0.575. The summed E-state index contributed by atoms with van der Waals surface area (Å²) in [6.45, 7) is 3.90. The summed E-state index contributed by atoms with van der Waals surface area (Å²) in [4.78, 5) is 34.6. The van der Waals surface area contributed by atoms with Gasteiger partial charge in [-0.05, 0) is 55.3 Å². The molecule has 0 bridgehead atoms. The van der Waals surface area contributed by atoms with Crippen LogP contribution in [0.15, 0.2) is 72.8 Å². The second kappa shape index (κ2) is 7.80. The van der Waals surface area contributed by atoms with Crippen LogP contribution in [0.25, 0.3) is 0 Å². The van der Waals surface area contributed by atoms with Gasteiger partial charge in [0.1, 0.15) is 11.7 Å². The van der Waals surface area contributed by atoms with Gasteiger partial charge in [-0.15, -0.1) is 0 Å². The average molecular weight is 428 g/mol. The first-order valence-corrected chi connectivity index (χ1v) is 10.6. The van der Waals surface area contributed by atoms with Crippen LogP contribution in [0.3, 0.4) is 0 Å². The van der Waals surface area contributed by atoms with Crippen molar-refractivity contribution in [3.05, 3.63) is 89.5 Å². The van der Waals surface area contributed by atoms with Crippen molar-refractivity contribution < 1.29 is 19.2 Å². The van der Waals surface area contributed by atoms with Crippen LogP contribution in [0.5, 0.6) is 5.75 Å². The molecule has 6 heteroatoms. The number of ether oxygens (including phenoxy) is 1. The van der Waals surface area contributed by atoms with Crippen LogP contribution in [0.2, 0.25) is 0 Å². The molecule has 0 spiro atoms. The summed E-state index contributed by atoms with van der Waals surface area (Å²) in [6.07, 6.45) is -0.889. The van der Waals surface area contributed by atoms with Gasteiger partial charge in [0, 0.05) is 0 Å². The lowest BCUT2D eigenvalue weighted by Gasteiger charge is -2.29. The minimum Gasteiger partial charge on any atom is -0.497 e. The maximum atomic E-state index is 13.7. The largest absolute Gasteiger partial charge is 0.497 e. The molecule has 32 heavy (non-hydrogen) atoms. The van der Waals surface area contributed by atoms with E-state index < -0.39 is 18.1 Å². The molecule has 0 aliphatic carbocycles. The van der Waals surface area contributed by atoms with Crippen LogP contribution in [0.1, 0.15) is 22.7 Å². The van der Waals surface area contributed by atoms with Gasteiger partial charge in [0.15, 0.2) is 6.10 Å². The third-order valence-electron chi connectivity index (χ3n) is 6.15. The molecule has 0 saturated carbocycles. The molecule has 0 aromatic heterocycles. The summed E-state index contributed by atoms with van der Waals surface area (Å²) >= 11 is 0. The highest BCUT2D eigenvalue weighted by molar-refractivity contribution is 6.24. The van der Waals surface area contributed by atoms with Crippen LogP contribution in [-0.2, 0) is 14.4 Å². The number of carbonyl (C=O) groups is 2. The SMILES string of the molecule is COc1cccc([C@@H]2[C@H]3C(=O)N(c4ccc(C)cc4C)C(=O)[C@@H]3ON2c2ccccc2)c1. The molecule has 2 heterocycles. The number of carbonyl (C=O) groups excluding carboxylic acids is 2. The number of nitrogens with zero attached hydrogens (tertiary/aromatic N) is 2. The number of aryl methyl sites for hydroxylation is 2. The van der Waals surface area contributed by atoms with Gasteiger partial charge in [0.25, 0.3) is 5.91 Å². The van der Waals surface area contributed by atoms with Crippen molar-refractivity contribution in [1.82, 2.24) is 0 Å². The van der Waals surface area contributed by atoms with E-state index in [0.29, 0.717) is 11.4 Å². The van der Waals surface area contributed by atoms with Gasteiger partial charge in [-0.25, -0.2) is 9.96 Å². The van der Waals surface area contributed by atoms with E-state index >= 15 is 0 Å². The molecular formula is C26H24N2O4. The fourth-order valence-electron chi connectivity index (χ4n) is 4.67. The lowest BCUT2D eigenvalue weighted by molar-refractivity contribution is -0.126. The van der Waals surface area contributed by atoms with Crippen molar-refractivity contribution in [2.24, 2.45) is 5.92 Å². The molecule has 0 unspecified atom stereocenters. The highest BCUT2D eigenvalue weighted by atomic mass is 16.7. The molecule has 162 valence electrons. The van der Waals surface area contributed by atoms with Crippen LogP contribution >= 0.6 is 0 Å². The fourth-order valence-corrected chi connectivity index (χ4v) is 4.67. The predicted molar refractivity (Wildman–Crippen MR) is 121 cm³/mol. The van der Waals surface area contributed by atoms with Gasteiger partial charge in [0.2, 0.25) is 5.91 Å². The highest BCUT2D eigenvalue weighted by Gasteiger charge is 2.60. The van der Waals surface area contributed by atoms with Crippen molar-refractivity contribution >= 4 is 23.2 Å². The number of methoxy groups -OCH3 is 1. The van der Waals surface area contributed by atoms with Crippen molar-refractivity contribution in [3.63, 3.8) is 0 Å². The monoisotopic (exact) mass is 428 g/mol. The number of anilines is 2. The van der Waals surface area contributed by atoms with Crippen molar-refractivity contribution in [2.45, 2.75) is 26.0 Å². The van der Waals surface area contributed by atoms with Gasteiger partial charge >= 0.3 is 0 Å². The van der Waals surface area contributed by atoms with E-state index in [0.717, 1.165) is 22.4 Å². The molecule has 6 nitrogen and oxygen atoms in total. The molecule has 2 amide bonds. The molecule has 0 N–H and O–H groups in total. The van der Waals surface area contributed by atoms with E-state index in [9.17, 15) is 9.59 Å². The number of hydrogen-bond donors (Lipinski definition) is 0. The molecule has 2 saturated heterocycles. The van der Waals surface area contributed by atoms with Crippen molar-refractivity contribution in [1.29, 1.82) is 0 Å². The van der Waals surface area contributed by atoms with E-state index in [1.807, 2.05) is 86.6 Å². The summed E-state index contributed by atoms with van der Waals surface area (Å²) in [7, 11) is 1.61. The standard InChI is InChI=1S/C26H24N2O4/c1-16-12-13-21(17(2)14-16)27-25(29)22-23(18-8-7-11-20(15-18)31-3)28(32-24(22)26(27)30)19-9-5-4-6-10-19/h4-15,22-24H,1-3H3/t22-,23-,24-/m1/s1.